The molecule has 28 heavy (non-hydrogen) atoms. The molecular weight excluding hydrogens is 358 g/mol. The van der Waals surface area contributed by atoms with Crippen molar-refractivity contribution in [2.45, 2.75) is 45.6 Å². The van der Waals surface area contributed by atoms with Gasteiger partial charge in [0.1, 0.15) is 0 Å². The van der Waals surface area contributed by atoms with Gasteiger partial charge in [-0.1, -0.05) is 25.5 Å². The summed E-state index contributed by atoms with van der Waals surface area (Å²) in [7, 11) is 1.33. The molecule has 0 aromatic heterocycles. The van der Waals surface area contributed by atoms with Gasteiger partial charge in [0.2, 0.25) is 5.91 Å². The van der Waals surface area contributed by atoms with Crippen molar-refractivity contribution in [1.29, 1.82) is 0 Å². The lowest BCUT2D eigenvalue weighted by Crippen LogP contribution is -2.48. The number of hydrogen-bond donors (Lipinski definition) is 2. The maximum Gasteiger partial charge on any atom is 0.337 e. The first-order valence-corrected chi connectivity index (χ1v) is 9.74. The molecule has 1 heterocycles. The number of urea groups is 1. The van der Waals surface area contributed by atoms with Gasteiger partial charge in [0.05, 0.1) is 18.7 Å². The summed E-state index contributed by atoms with van der Waals surface area (Å²) in [5, 5.41) is 5.82. The van der Waals surface area contributed by atoms with Crippen molar-refractivity contribution in [1.82, 2.24) is 10.2 Å². The molecule has 0 saturated heterocycles. The molecule has 1 aliphatic heterocycles. The van der Waals surface area contributed by atoms with Crippen LogP contribution in [0.4, 0.5) is 10.5 Å². The SMILES string of the molecule is CCCCN1C(=O)N[C@@H](c2cccc(NC(=O)C3CC3)c2)C(C(=O)OC)=C1C. The maximum absolute atomic E-state index is 12.7. The van der Waals surface area contributed by atoms with E-state index in [-0.39, 0.29) is 17.9 Å². The van der Waals surface area contributed by atoms with Gasteiger partial charge in [-0.15, -0.1) is 0 Å². The summed E-state index contributed by atoms with van der Waals surface area (Å²) in [5.41, 5.74) is 2.38. The fourth-order valence-corrected chi connectivity index (χ4v) is 3.38. The zero-order valence-electron chi connectivity index (χ0n) is 16.6. The molecule has 1 fully saturated rings. The van der Waals surface area contributed by atoms with Crippen molar-refractivity contribution in [2.24, 2.45) is 5.92 Å². The molecule has 3 amide bonds. The molecule has 2 N–H and O–H groups in total. The number of esters is 1. The number of hydrogen-bond acceptors (Lipinski definition) is 4. The van der Waals surface area contributed by atoms with Crippen LogP contribution >= 0.6 is 0 Å². The van der Waals surface area contributed by atoms with Gasteiger partial charge in [-0.2, -0.15) is 0 Å². The Balaban J connectivity index is 1.92. The molecule has 0 radical (unpaired) electrons. The first-order valence-electron chi connectivity index (χ1n) is 9.74. The Morgan fingerprint density at radius 1 is 1.32 bits per heavy atom. The zero-order valence-corrected chi connectivity index (χ0v) is 16.6. The van der Waals surface area contributed by atoms with E-state index in [4.69, 9.17) is 4.74 Å². The van der Waals surface area contributed by atoms with Gasteiger partial charge in [-0.25, -0.2) is 9.59 Å². The quantitative estimate of drug-likeness (QED) is 0.705. The molecule has 0 bridgehead atoms. The summed E-state index contributed by atoms with van der Waals surface area (Å²) >= 11 is 0. The monoisotopic (exact) mass is 385 g/mol. The summed E-state index contributed by atoms with van der Waals surface area (Å²) in [6, 6.07) is 6.36. The molecular formula is C21H27N3O4. The van der Waals surface area contributed by atoms with Crippen LogP contribution in [-0.2, 0) is 14.3 Å². The average Bonchev–Trinajstić information content (AvgIpc) is 3.52. The number of allylic oxidation sites excluding steroid dienone is 1. The van der Waals surface area contributed by atoms with Gasteiger partial charge in [0, 0.05) is 23.8 Å². The van der Waals surface area contributed by atoms with E-state index in [0.717, 1.165) is 31.2 Å². The van der Waals surface area contributed by atoms with Gasteiger partial charge in [0.25, 0.3) is 0 Å². The van der Waals surface area contributed by atoms with Gasteiger partial charge >= 0.3 is 12.0 Å². The van der Waals surface area contributed by atoms with Crippen molar-refractivity contribution >= 4 is 23.6 Å². The van der Waals surface area contributed by atoms with E-state index in [1.165, 1.54) is 7.11 Å². The lowest BCUT2D eigenvalue weighted by molar-refractivity contribution is -0.136. The second-order valence-electron chi connectivity index (χ2n) is 7.27. The number of amides is 3. The van der Waals surface area contributed by atoms with Crippen molar-refractivity contribution in [2.75, 3.05) is 19.0 Å². The third kappa shape index (κ3) is 4.18. The fraction of sp³-hybridized carbons (Fsp3) is 0.476. The summed E-state index contributed by atoms with van der Waals surface area (Å²) in [6.45, 7) is 4.36. The highest BCUT2D eigenvalue weighted by Gasteiger charge is 2.36. The zero-order chi connectivity index (χ0) is 20.3. The van der Waals surface area contributed by atoms with E-state index in [0.29, 0.717) is 23.5 Å². The molecule has 1 saturated carbocycles. The van der Waals surface area contributed by atoms with E-state index in [1.54, 1.807) is 30.0 Å². The topological polar surface area (TPSA) is 87.7 Å². The van der Waals surface area contributed by atoms with E-state index < -0.39 is 12.0 Å². The number of carbonyl (C=O) groups is 3. The first-order chi connectivity index (χ1) is 13.5. The van der Waals surface area contributed by atoms with Crippen LogP contribution in [0.1, 0.15) is 51.1 Å². The fourth-order valence-electron chi connectivity index (χ4n) is 3.38. The maximum atomic E-state index is 12.7. The van der Waals surface area contributed by atoms with Crippen LogP contribution in [0.25, 0.3) is 0 Å². The number of methoxy groups -OCH3 is 1. The standard InChI is InChI=1S/C21H27N3O4/c1-4-5-11-24-13(2)17(20(26)28-3)18(23-21(24)27)15-7-6-8-16(12-15)22-19(25)14-9-10-14/h6-8,12,14,18H,4-5,9-11H2,1-3H3,(H,22,25)(H,23,27)/t18-/m0/s1. The number of nitrogens with zero attached hydrogens (tertiary/aromatic N) is 1. The number of ether oxygens (including phenoxy) is 1. The van der Waals surface area contributed by atoms with Gasteiger partial charge in [0.15, 0.2) is 0 Å². The average molecular weight is 385 g/mol. The Morgan fingerprint density at radius 2 is 2.07 bits per heavy atom. The van der Waals surface area contributed by atoms with Crippen molar-refractivity contribution in [3.05, 3.63) is 41.1 Å². The van der Waals surface area contributed by atoms with Crippen LogP contribution < -0.4 is 10.6 Å². The molecule has 2 aliphatic rings. The summed E-state index contributed by atoms with van der Waals surface area (Å²) in [6.07, 6.45) is 3.63. The highest BCUT2D eigenvalue weighted by Crippen LogP contribution is 2.33. The van der Waals surface area contributed by atoms with Crippen LogP contribution in [-0.4, -0.2) is 36.5 Å². The normalized spacial score (nSPS) is 19.3. The number of rotatable bonds is 7. The van der Waals surface area contributed by atoms with E-state index >= 15 is 0 Å². The van der Waals surface area contributed by atoms with Crippen LogP contribution in [0.2, 0.25) is 0 Å². The first kappa shape index (κ1) is 19.9. The molecule has 7 heteroatoms. The van der Waals surface area contributed by atoms with Crippen molar-refractivity contribution < 1.29 is 19.1 Å². The molecule has 150 valence electrons. The Kier molecular flexibility index (Phi) is 6.02. The molecule has 1 aliphatic carbocycles. The lowest BCUT2D eigenvalue weighted by atomic mass is 9.94. The van der Waals surface area contributed by atoms with E-state index in [9.17, 15) is 14.4 Å². The Morgan fingerprint density at radius 3 is 2.71 bits per heavy atom. The number of nitrogens with one attached hydrogen (secondary N) is 2. The number of anilines is 1. The number of benzene rings is 1. The molecule has 7 nitrogen and oxygen atoms in total. The third-order valence-corrected chi connectivity index (χ3v) is 5.17. The smallest absolute Gasteiger partial charge is 0.337 e. The second-order valence-corrected chi connectivity index (χ2v) is 7.27. The minimum atomic E-state index is -0.629. The van der Waals surface area contributed by atoms with Crippen LogP contribution in [0.5, 0.6) is 0 Å². The van der Waals surface area contributed by atoms with E-state index in [1.807, 2.05) is 13.0 Å². The highest BCUT2D eigenvalue weighted by molar-refractivity contribution is 5.96. The van der Waals surface area contributed by atoms with E-state index in [2.05, 4.69) is 10.6 Å². The van der Waals surface area contributed by atoms with Crippen LogP contribution in [0.3, 0.4) is 0 Å². The summed E-state index contributed by atoms with van der Waals surface area (Å²) in [4.78, 5) is 38.8. The minimum absolute atomic E-state index is 0.00971. The third-order valence-electron chi connectivity index (χ3n) is 5.17. The number of unbranched alkanes of at least 4 members (excludes halogenated alkanes) is 1. The lowest BCUT2D eigenvalue weighted by Gasteiger charge is -2.35. The summed E-state index contributed by atoms with van der Waals surface area (Å²) in [5.74, 6) is -0.371. The Labute approximate surface area is 165 Å². The van der Waals surface area contributed by atoms with Gasteiger partial charge in [-0.05, 0) is 43.9 Å². The predicted octanol–water partition coefficient (Wildman–Crippen LogP) is 3.35. The molecule has 1 atom stereocenters. The van der Waals surface area contributed by atoms with Gasteiger partial charge < -0.3 is 15.4 Å². The molecule has 0 unspecified atom stereocenters. The van der Waals surface area contributed by atoms with Crippen molar-refractivity contribution in [3.63, 3.8) is 0 Å². The minimum Gasteiger partial charge on any atom is -0.466 e. The molecule has 1 aromatic rings. The Hall–Kier alpha value is -2.83. The van der Waals surface area contributed by atoms with Gasteiger partial charge in [-0.3, -0.25) is 9.69 Å². The van der Waals surface area contributed by atoms with Crippen molar-refractivity contribution in [3.8, 4) is 0 Å². The molecule has 1 aromatic carbocycles. The van der Waals surface area contributed by atoms with Crippen LogP contribution in [0, 0.1) is 5.92 Å². The number of carbonyl (C=O) groups excluding carboxylic acids is 3. The molecule has 0 spiro atoms. The largest absolute Gasteiger partial charge is 0.466 e. The van der Waals surface area contributed by atoms with Crippen LogP contribution in [0.15, 0.2) is 35.5 Å². The second kappa shape index (κ2) is 8.46. The predicted molar refractivity (Wildman–Crippen MR) is 105 cm³/mol. The summed E-state index contributed by atoms with van der Waals surface area (Å²) < 4.78 is 4.99. The highest BCUT2D eigenvalue weighted by atomic mass is 16.5. The Bertz CT molecular complexity index is 814. The molecule has 3 rings (SSSR count).